The molecule has 1 aromatic carbocycles. The lowest BCUT2D eigenvalue weighted by Crippen LogP contribution is -2.42. The molecule has 0 heterocycles. The fourth-order valence-corrected chi connectivity index (χ4v) is 2.69. The molecule has 0 aromatic heterocycles. The minimum Gasteiger partial charge on any atom is -0.481 e. The second-order valence-corrected chi connectivity index (χ2v) is 5.60. The molecule has 5 nitrogen and oxygen atoms in total. The van der Waals surface area contributed by atoms with Crippen LogP contribution >= 0.6 is 0 Å². The van der Waals surface area contributed by atoms with Crippen LogP contribution in [-0.2, 0) is 20.7 Å². The van der Waals surface area contributed by atoms with Crippen LogP contribution in [0.15, 0.2) is 24.3 Å². The van der Waals surface area contributed by atoms with Crippen molar-refractivity contribution in [2.75, 3.05) is 19.0 Å². The van der Waals surface area contributed by atoms with Gasteiger partial charge in [0.25, 0.3) is 0 Å². The molecule has 1 aromatic rings. The third-order valence-corrected chi connectivity index (χ3v) is 4.12. The van der Waals surface area contributed by atoms with E-state index < -0.39 is 5.97 Å². The van der Waals surface area contributed by atoms with Crippen molar-refractivity contribution in [2.24, 2.45) is 5.41 Å². The summed E-state index contributed by atoms with van der Waals surface area (Å²) >= 11 is 0. The summed E-state index contributed by atoms with van der Waals surface area (Å²) < 4.78 is 5.09. The van der Waals surface area contributed by atoms with Gasteiger partial charge in [0.15, 0.2) is 0 Å². The molecule has 1 aliphatic rings. The summed E-state index contributed by atoms with van der Waals surface area (Å²) in [6.45, 7) is 0.576. The van der Waals surface area contributed by atoms with Gasteiger partial charge < -0.3 is 15.2 Å². The molecule has 2 rings (SSSR count). The molecule has 5 heteroatoms. The van der Waals surface area contributed by atoms with Crippen LogP contribution in [0.25, 0.3) is 0 Å². The zero-order valence-electron chi connectivity index (χ0n) is 12.2. The van der Waals surface area contributed by atoms with E-state index in [-0.39, 0.29) is 17.7 Å². The lowest BCUT2D eigenvalue weighted by molar-refractivity contribution is -0.136. The Morgan fingerprint density at radius 2 is 2.14 bits per heavy atom. The van der Waals surface area contributed by atoms with E-state index in [1.54, 1.807) is 31.4 Å². The number of aliphatic carboxylic acids is 1. The number of hydrogen-bond donors (Lipinski definition) is 2. The van der Waals surface area contributed by atoms with E-state index in [4.69, 9.17) is 9.84 Å². The smallest absolute Gasteiger partial charge is 0.307 e. The minimum atomic E-state index is -0.881. The lowest BCUT2D eigenvalue weighted by Gasteiger charge is -2.40. The van der Waals surface area contributed by atoms with Gasteiger partial charge >= 0.3 is 5.97 Å². The van der Waals surface area contributed by atoms with Crippen molar-refractivity contribution < 1.29 is 19.4 Å². The number of carbonyl (C=O) groups excluding carboxylic acids is 1. The zero-order chi connectivity index (χ0) is 15.3. The van der Waals surface area contributed by atoms with Crippen LogP contribution in [-0.4, -0.2) is 30.7 Å². The van der Waals surface area contributed by atoms with Gasteiger partial charge in [-0.25, -0.2) is 0 Å². The number of carboxylic acid groups (broad SMARTS) is 1. The number of ether oxygens (including phenoxy) is 1. The number of methoxy groups -OCH3 is 1. The first kappa shape index (κ1) is 15.5. The highest BCUT2D eigenvalue weighted by Gasteiger charge is 2.43. The molecule has 0 unspecified atom stereocenters. The van der Waals surface area contributed by atoms with Crippen LogP contribution in [0.5, 0.6) is 0 Å². The van der Waals surface area contributed by atoms with Crippen molar-refractivity contribution in [2.45, 2.75) is 32.1 Å². The highest BCUT2D eigenvalue weighted by Crippen LogP contribution is 2.44. The van der Waals surface area contributed by atoms with Crippen LogP contribution < -0.4 is 5.32 Å². The van der Waals surface area contributed by atoms with Crippen LogP contribution in [0.2, 0.25) is 0 Å². The Kier molecular flexibility index (Phi) is 4.96. The zero-order valence-corrected chi connectivity index (χ0v) is 12.2. The molecule has 0 aliphatic heterocycles. The van der Waals surface area contributed by atoms with E-state index in [0.717, 1.165) is 25.7 Å². The molecule has 1 saturated carbocycles. The average molecular weight is 291 g/mol. The molecular weight excluding hydrogens is 270 g/mol. The molecule has 2 N–H and O–H groups in total. The quantitative estimate of drug-likeness (QED) is 0.809. The number of benzene rings is 1. The first-order chi connectivity index (χ1) is 10.1. The largest absolute Gasteiger partial charge is 0.481 e. The summed E-state index contributed by atoms with van der Waals surface area (Å²) in [5.74, 6) is -0.868. The Balaban J connectivity index is 2.03. The van der Waals surface area contributed by atoms with Gasteiger partial charge in [-0.3, -0.25) is 9.59 Å². The molecule has 0 radical (unpaired) electrons. The molecule has 0 bridgehead atoms. The number of anilines is 1. The van der Waals surface area contributed by atoms with Crippen molar-refractivity contribution in [1.29, 1.82) is 0 Å². The summed E-state index contributed by atoms with van der Waals surface area (Å²) in [5.41, 5.74) is 1.01. The molecule has 0 atom stereocenters. The average Bonchev–Trinajstić information content (AvgIpc) is 2.37. The summed E-state index contributed by atoms with van der Waals surface area (Å²) in [6.07, 6.45) is 3.52. The van der Waals surface area contributed by atoms with Gasteiger partial charge in [-0.15, -0.1) is 0 Å². The van der Waals surface area contributed by atoms with E-state index in [0.29, 0.717) is 17.9 Å². The lowest BCUT2D eigenvalue weighted by atomic mass is 9.66. The summed E-state index contributed by atoms with van der Waals surface area (Å²) in [4.78, 5) is 23.2. The number of carboxylic acids is 1. The van der Waals surface area contributed by atoms with Gasteiger partial charge in [0.2, 0.25) is 5.91 Å². The third-order valence-electron chi connectivity index (χ3n) is 4.12. The molecule has 1 amide bonds. The Morgan fingerprint density at radius 1 is 1.38 bits per heavy atom. The van der Waals surface area contributed by atoms with E-state index in [1.165, 1.54) is 0 Å². The first-order valence-corrected chi connectivity index (χ1v) is 7.17. The highest BCUT2D eigenvalue weighted by atomic mass is 16.5. The maximum atomic E-state index is 12.5. The van der Waals surface area contributed by atoms with Crippen LogP contribution in [0.1, 0.15) is 31.2 Å². The monoisotopic (exact) mass is 291 g/mol. The highest BCUT2D eigenvalue weighted by molar-refractivity contribution is 5.96. The molecule has 0 saturated heterocycles. The van der Waals surface area contributed by atoms with Gasteiger partial charge in [-0.2, -0.15) is 0 Å². The van der Waals surface area contributed by atoms with Crippen LogP contribution in [0, 0.1) is 5.41 Å². The maximum absolute atomic E-state index is 12.5. The molecule has 0 spiro atoms. The molecular formula is C16H21NO4. The van der Waals surface area contributed by atoms with Crippen molar-refractivity contribution in [3.05, 3.63) is 29.8 Å². The fraction of sp³-hybridized carbons (Fsp3) is 0.500. The van der Waals surface area contributed by atoms with Gasteiger partial charge in [-0.1, -0.05) is 18.6 Å². The summed E-state index contributed by atoms with van der Waals surface area (Å²) in [5, 5.41) is 11.7. The Bertz CT molecular complexity index is 523. The van der Waals surface area contributed by atoms with Crippen molar-refractivity contribution in [3.8, 4) is 0 Å². The first-order valence-electron chi connectivity index (χ1n) is 7.17. The second kappa shape index (κ2) is 6.72. The Hall–Kier alpha value is -1.88. The topological polar surface area (TPSA) is 75.6 Å². The van der Waals surface area contributed by atoms with E-state index in [2.05, 4.69) is 5.32 Å². The van der Waals surface area contributed by atoms with E-state index >= 15 is 0 Å². The minimum absolute atomic E-state index is 0.0123. The predicted molar refractivity (Wildman–Crippen MR) is 79.2 cm³/mol. The fourth-order valence-electron chi connectivity index (χ4n) is 2.69. The van der Waals surface area contributed by atoms with Gasteiger partial charge in [0.05, 0.1) is 11.8 Å². The van der Waals surface area contributed by atoms with Crippen molar-refractivity contribution in [1.82, 2.24) is 0 Å². The maximum Gasteiger partial charge on any atom is 0.307 e. The van der Waals surface area contributed by atoms with Gasteiger partial charge in [0.1, 0.15) is 0 Å². The Morgan fingerprint density at radius 3 is 2.71 bits per heavy atom. The van der Waals surface area contributed by atoms with Crippen molar-refractivity contribution >= 4 is 17.6 Å². The number of carbonyl (C=O) groups is 2. The van der Waals surface area contributed by atoms with E-state index in [9.17, 15) is 9.59 Å². The molecule has 1 fully saturated rings. The van der Waals surface area contributed by atoms with E-state index in [1.807, 2.05) is 0 Å². The van der Waals surface area contributed by atoms with Crippen molar-refractivity contribution in [3.63, 3.8) is 0 Å². The number of hydrogen-bond acceptors (Lipinski definition) is 3. The second-order valence-electron chi connectivity index (χ2n) is 5.60. The molecule has 21 heavy (non-hydrogen) atoms. The third kappa shape index (κ3) is 3.82. The van der Waals surface area contributed by atoms with Crippen LogP contribution in [0.4, 0.5) is 5.69 Å². The predicted octanol–water partition coefficient (Wildman–Crippen LogP) is 2.46. The SMILES string of the molecule is COCCC1(C(=O)Nc2cccc(CC(=O)O)c2)CCC1. The number of amides is 1. The van der Waals surface area contributed by atoms with Crippen LogP contribution in [0.3, 0.4) is 0 Å². The van der Waals surface area contributed by atoms with Gasteiger partial charge in [-0.05, 0) is 37.0 Å². The summed E-state index contributed by atoms with van der Waals surface area (Å²) in [7, 11) is 1.64. The number of rotatable bonds is 7. The normalized spacial score (nSPS) is 16.0. The standard InChI is InChI=1S/C16H21NO4/c1-21-9-8-16(6-3-7-16)15(20)17-13-5-2-4-12(10-13)11-14(18)19/h2,4-5,10H,3,6-9,11H2,1H3,(H,17,20)(H,18,19). The number of nitrogens with one attached hydrogen (secondary N) is 1. The summed E-state index contributed by atoms with van der Waals surface area (Å²) in [6, 6.07) is 7.00. The van der Waals surface area contributed by atoms with Gasteiger partial charge in [0, 0.05) is 19.4 Å². The Labute approximate surface area is 124 Å². The molecule has 1 aliphatic carbocycles. The molecule has 114 valence electrons.